The highest BCUT2D eigenvalue weighted by atomic mass is 16.5. The van der Waals surface area contributed by atoms with Gasteiger partial charge in [-0.2, -0.15) is 0 Å². The number of benzene rings is 2. The fraction of sp³-hybridized carbons (Fsp3) is 0.452. The third kappa shape index (κ3) is 7.59. The number of rotatable bonds is 8. The summed E-state index contributed by atoms with van der Waals surface area (Å²) in [5.74, 6) is 8.36. The first-order valence-corrected chi connectivity index (χ1v) is 18.8. The normalized spacial score (nSPS) is 19.5. The quantitative estimate of drug-likeness (QED) is 0.132. The van der Waals surface area contributed by atoms with Gasteiger partial charge >= 0.3 is 6.09 Å². The molecule has 11 nitrogen and oxygen atoms in total. The molecule has 3 fully saturated rings. The number of methoxy groups -OCH3 is 1. The number of hydrogen-bond donors (Lipinski definition) is 3. The van der Waals surface area contributed by atoms with Gasteiger partial charge in [0.05, 0.1) is 35.9 Å². The van der Waals surface area contributed by atoms with Gasteiger partial charge in [-0.05, 0) is 79.8 Å². The molecule has 2 aliphatic heterocycles. The molecule has 3 amide bonds. The van der Waals surface area contributed by atoms with Gasteiger partial charge in [-0.1, -0.05) is 64.2 Å². The first-order valence-electron chi connectivity index (χ1n) is 18.8. The molecular weight excluding hydrogens is 667 g/mol. The predicted molar refractivity (Wildman–Crippen MR) is 203 cm³/mol. The Labute approximate surface area is 311 Å². The number of imidazole rings is 2. The van der Waals surface area contributed by atoms with E-state index in [1.54, 1.807) is 0 Å². The van der Waals surface area contributed by atoms with E-state index in [1.807, 2.05) is 79.2 Å². The lowest BCUT2D eigenvalue weighted by atomic mass is 9.96. The van der Waals surface area contributed by atoms with Crippen LogP contribution in [-0.4, -0.2) is 73.9 Å². The number of H-pyrrole nitrogens is 2. The summed E-state index contributed by atoms with van der Waals surface area (Å²) < 4.78 is 4.81. The largest absolute Gasteiger partial charge is 0.453 e. The average molecular weight is 716 g/mol. The second-order valence-corrected chi connectivity index (χ2v) is 15.3. The van der Waals surface area contributed by atoms with Crippen LogP contribution < -0.4 is 5.32 Å². The van der Waals surface area contributed by atoms with E-state index < -0.39 is 12.1 Å². The van der Waals surface area contributed by atoms with Crippen LogP contribution in [0.1, 0.15) is 102 Å². The molecule has 2 aromatic carbocycles. The number of likely N-dealkylation sites (tertiary alicyclic amines) is 2. The molecule has 7 rings (SSSR count). The molecule has 0 unspecified atom stereocenters. The topological polar surface area (TPSA) is 136 Å². The van der Waals surface area contributed by atoms with Crippen LogP contribution in [0, 0.1) is 29.6 Å². The third-order valence-corrected chi connectivity index (χ3v) is 11.0. The zero-order valence-corrected chi connectivity index (χ0v) is 31.5. The van der Waals surface area contributed by atoms with Gasteiger partial charge in [-0.25, -0.2) is 14.8 Å². The van der Waals surface area contributed by atoms with Crippen LogP contribution in [0.2, 0.25) is 0 Å². The van der Waals surface area contributed by atoms with E-state index in [2.05, 4.69) is 41.0 Å². The standard InChI is InChI=1S/C42H49N7O4/c1-24(2)26(5)40(50)48-19-7-8-35(48)38-43-22-34(46-38)30-14-11-27(12-15-30)9-10-28-13-18-32-33(20-28)45-39(44-32)36-21-31(29-16-17-29)23-49(36)41(51)37(25(3)4)47-42(52)53-6/h11-15,18,20,22,24-26,35-37H,7-8,16-17,19,21,23H2,1-6H3,(H,43,46)(H,44,45)(H,47,52)/t26-,35-,36-,37-/m0/s1. The van der Waals surface area contributed by atoms with Crippen LogP contribution in [0.4, 0.5) is 4.79 Å². The van der Waals surface area contributed by atoms with E-state index in [0.717, 1.165) is 83.7 Å². The Hall–Kier alpha value is -5.37. The molecule has 0 spiro atoms. The monoisotopic (exact) mass is 715 g/mol. The smallest absolute Gasteiger partial charge is 0.407 e. The molecule has 276 valence electrons. The van der Waals surface area contributed by atoms with Crippen LogP contribution >= 0.6 is 0 Å². The van der Waals surface area contributed by atoms with Crippen molar-refractivity contribution in [3.8, 4) is 23.1 Å². The van der Waals surface area contributed by atoms with Gasteiger partial charge < -0.3 is 29.8 Å². The molecule has 11 heteroatoms. The molecule has 1 saturated carbocycles. The molecular formula is C42H49N7O4. The van der Waals surface area contributed by atoms with Crippen molar-refractivity contribution >= 4 is 28.9 Å². The summed E-state index contributed by atoms with van der Waals surface area (Å²) in [5, 5.41) is 2.74. The molecule has 4 aromatic rings. The molecule has 4 heterocycles. The molecule has 2 saturated heterocycles. The van der Waals surface area contributed by atoms with E-state index in [4.69, 9.17) is 14.7 Å². The van der Waals surface area contributed by atoms with Crippen LogP contribution in [0.15, 0.2) is 59.8 Å². The lowest BCUT2D eigenvalue weighted by Crippen LogP contribution is -2.51. The summed E-state index contributed by atoms with van der Waals surface area (Å²) in [4.78, 5) is 59.6. The number of carbonyl (C=O) groups is 3. The number of fused-ring (bicyclic) bond motifs is 1. The maximum absolute atomic E-state index is 13.9. The zero-order chi connectivity index (χ0) is 37.4. The Kier molecular flexibility index (Phi) is 10.1. The van der Waals surface area contributed by atoms with Gasteiger partial charge in [0.15, 0.2) is 0 Å². The SMILES string of the molecule is COC(=O)N[C@H](C(=O)N1CC(=C2CC2)C[C@H]1c1nc2cc(C#Cc3ccc(-c4c[nH]c([C@@H]5CCCN5C(=O)[C@@H](C)C(C)C)n4)cc3)ccc2[nH]1)C(C)C. The Morgan fingerprint density at radius 2 is 1.60 bits per heavy atom. The summed E-state index contributed by atoms with van der Waals surface area (Å²) in [6, 6.07) is 13.0. The fourth-order valence-electron chi connectivity index (χ4n) is 7.40. The first-order chi connectivity index (χ1) is 25.5. The number of amides is 3. The van der Waals surface area contributed by atoms with Gasteiger partial charge in [0.2, 0.25) is 11.8 Å². The van der Waals surface area contributed by atoms with Crippen LogP contribution in [-0.2, 0) is 14.3 Å². The lowest BCUT2D eigenvalue weighted by Gasteiger charge is -2.29. The number of ether oxygens (including phenoxy) is 1. The summed E-state index contributed by atoms with van der Waals surface area (Å²) in [6.07, 6.45) is 6.07. The molecule has 0 bridgehead atoms. The number of hydrogen-bond acceptors (Lipinski definition) is 6. The molecule has 3 N–H and O–H groups in total. The first kappa shape index (κ1) is 36.0. The van der Waals surface area contributed by atoms with Crippen molar-refractivity contribution in [1.29, 1.82) is 0 Å². The van der Waals surface area contributed by atoms with E-state index in [1.165, 1.54) is 18.3 Å². The second-order valence-electron chi connectivity index (χ2n) is 15.3. The number of nitrogens with one attached hydrogen (secondary N) is 3. The highest BCUT2D eigenvalue weighted by Crippen LogP contribution is 2.43. The Morgan fingerprint density at radius 3 is 2.30 bits per heavy atom. The minimum absolute atomic E-state index is 0.0162. The van der Waals surface area contributed by atoms with E-state index in [-0.39, 0.29) is 35.7 Å². The maximum atomic E-state index is 13.9. The van der Waals surface area contributed by atoms with Crippen molar-refractivity contribution in [2.24, 2.45) is 17.8 Å². The molecule has 1 aliphatic carbocycles. The summed E-state index contributed by atoms with van der Waals surface area (Å²) in [5.41, 5.74) is 7.91. The Morgan fingerprint density at radius 1 is 0.868 bits per heavy atom. The summed E-state index contributed by atoms with van der Waals surface area (Å²) in [7, 11) is 1.30. The number of nitrogens with zero attached hydrogens (tertiary/aromatic N) is 4. The summed E-state index contributed by atoms with van der Waals surface area (Å²) in [6.45, 7) is 11.3. The lowest BCUT2D eigenvalue weighted by molar-refractivity contribution is -0.137. The number of aromatic nitrogens is 4. The van der Waals surface area contributed by atoms with Crippen LogP contribution in [0.5, 0.6) is 0 Å². The maximum Gasteiger partial charge on any atom is 0.407 e. The van der Waals surface area contributed by atoms with Crippen molar-refractivity contribution in [3.05, 3.63) is 82.6 Å². The Bertz CT molecular complexity index is 2110. The molecule has 53 heavy (non-hydrogen) atoms. The van der Waals surface area contributed by atoms with Crippen molar-refractivity contribution in [2.75, 3.05) is 20.2 Å². The van der Waals surface area contributed by atoms with Crippen molar-refractivity contribution in [2.45, 2.75) is 84.8 Å². The average Bonchev–Trinajstić information content (AvgIpc) is 3.55. The highest BCUT2D eigenvalue weighted by molar-refractivity contribution is 5.87. The zero-order valence-electron chi connectivity index (χ0n) is 31.5. The van der Waals surface area contributed by atoms with Crippen molar-refractivity contribution < 1.29 is 19.1 Å². The number of allylic oxidation sites excluding steroid dienone is 1. The van der Waals surface area contributed by atoms with Gasteiger partial charge in [0.1, 0.15) is 17.7 Å². The molecule has 3 aliphatic rings. The van der Waals surface area contributed by atoms with Crippen molar-refractivity contribution in [3.63, 3.8) is 0 Å². The molecule has 4 atom stereocenters. The predicted octanol–water partition coefficient (Wildman–Crippen LogP) is 7.05. The number of carbonyl (C=O) groups excluding carboxylic acids is 3. The third-order valence-electron chi connectivity index (χ3n) is 11.0. The highest BCUT2D eigenvalue weighted by Gasteiger charge is 2.41. The van der Waals surface area contributed by atoms with Crippen molar-refractivity contribution in [1.82, 2.24) is 35.1 Å². The fourth-order valence-corrected chi connectivity index (χ4v) is 7.40. The van der Waals surface area contributed by atoms with E-state index >= 15 is 0 Å². The number of aromatic amines is 2. The van der Waals surface area contributed by atoms with Gasteiger partial charge in [0.25, 0.3) is 0 Å². The minimum Gasteiger partial charge on any atom is -0.453 e. The second kappa shape index (κ2) is 14.9. The molecule has 0 radical (unpaired) electrons. The van der Waals surface area contributed by atoms with E-state index in [9.17, 15) is 14.4 Å². The van der Waals surface area contributed by atoms with Gasteiger partial charge in [-0.15, -0.1) is 0 Å². The van der Waals surface area contributed by atoms with Gasteiger partial charge in [-0.3, -0.25) is 9.59 Å². The van der Waals surface area contributed by atoms with Gasteiger partial charge in [0, 0.05) is 41.9 Å². The van der Waals surface area contributed by atoms with Crippen LogP contribution in [0.3, 0.4) is 0 Å². The number of alkyl carbamates (subject to hydrolysis) is 1. The van der Waals surface area contributed by atoms with Crippen LogP contribution in [0.25, 0.3) is 22.3 Å². The summed E-state index contributed by atoms with van der Waals surface area (Å²) >= 11 is 0. The minimum atomic E-state index is -0.705. The Balaban J connectivity index is 1.05. The molecule has 2 aromatic heterocycles. The van der Waals surface area contributed by atoms with E-state index in [0.29, 0.717) is 12.5 Å².